The van der Waals surface area contributed by atoms with E-state index in [9.17, 15) is 14.9 Å². The molecule has 1 rings (SSSR count). The number of carboxylic acid groups (broad SMARTS) is 1. The number of nitro benzene ring substituents is 1. The second-order valence-corrected chi connectivity index (χ2v) is 3.45. The first kappa shape index (κ1) is 12.2. The number of carboxylic acids is 1. The molecule has 0 amide bonds. The van der Waals surface area contributed by atoms with Crippen molar-refractivity contribution >= 4 is 29.3 Å². The molecule has 5 nitrogen and oxygen atoms in total. The van der Waals surface area contributed by atoms with Crippen LogP contribution in [0, 0.1) is 17.0 Å². The van der Waals surface area contributed by atoms with E-state index >= 15 is 0 Å². The van der Waals surface area contributed by atoms with Crippen molar-refractivity contribution < 1.29 is 14.8 Å². The zero-order valence-electron chi connectivity index (χ0n) is 8.31. The minimum atomic E-state index is -1.11. The van der Waals surface area contributed by atoms with Crippen LogP contribution in [0.1, 0.15) is 11.1 Å². The summed E-state index contributed by atoms with van der Waals surface area (Å²) in [5, 5.41) is 19.2. The lowest BCUT2D eigenvalue weighted by atomic mass is 10.1. The van der Waals surface area contributed by atoms with Gasteiger partial charge in [0, 0.05) is 11.6 Å². The number of nitrogens with zero attached hydrogens (tertiary/aromatic N) is 1. The summed E-state index contributed by atoms with van der Waals surface area (Å²) < 4.78 is 0. The Hall–Kier alpha value is -1.88. The van der Waals surface area contributed by atoms with Gasteiger partial charge in [0.05, 0.1) is 4.92 Å². The van der Waals surface area contributed by atoms with Crippen molar-refractivity contribution in [2.75, 3.05) is 0 Å². The lowest BCUT2D eigenvalue weighted by Crippen LogP contribution is -1.95. The Morgan fingerprint density at radius 2 is 2.19 bits per heavy atom. The Morgan fingerprint density at radius 3 is 2.69 bits per heavy atom. The molecule has 1 aromatic carbocycles. The van der Waals surface area contributed by atoms with E-state index < -0.39 is 10.9 Å². The minimum absolute atomic E-state index is 0.0370. The molecule has 0 atom stereocenters. The van der Waals surface area contributed by atoms with E-state index in [1.807, 2.05) is 0 Å². The molecule has 0 saturated heterocycles. The molecule has 0 aliphatic heterocycles. The predicted molar refractivity (Wildman–Crippen MR) is 59.5 cm³/mol. The SMILES string of the molecule is Cc1c(/C=C/C(=O)O)ccc(Cl)c1[N+](=O)[O-]. The molecule has 16 heavy (non-hydrogen) atoms. The monoisotopic (exact) mass is 241 g/mol. The molecule has 0 fully saturated rings. The van der Waals surface area contributed by atoms with Crippen molar-refractivity contribution in [1.82, 2.24) is 0 Å². The molecule has 0 saturated carbocycles. The number of rotatable bonds is 3. The highest BCUT2D eigenvalue weighted by atomic mass is 35.5. The topological polar surface area (TPSA) is 80.4 Å². The summed E-state index contributed by atoms with van der Waals surface area (Å²) in [6.07, 6.45) is 2.21. The summed E-state index contributed by atoms with van der Waals surface area (Å²) in [4.78, 5) is 20.4. The van der Waals surface area contributed by atoms with E-state index in [0.29, 0.717) is 11.1 Å². The maximum absolute atomic E-state index is 10.7. The number of benzene rings is 1. The lowest BCUT2D eigenvalue weighted by molar-refractivity contribution is -0.385. The average Bonchev–Trinajstić information content (AvgIpc) is 2.15. The van der Waals surface area contributed by atoms with E-state index in [0.717, 1.165) is 6.08 Å². The molecule has 0 spiro atoms. The molecule has 1 N–H and O–H groups in total. The van der Waals surface area contributed by atoms with Gasteiger partial charge in [-0.15, -0.1) is 0 Å². The Labute approximate surface area is 96.1 Å². The standard InChI is InChI=1S/C10H8ClNO4/c1-6-7(3-5-9(13)14)2-4-8(11)10(6)12(15)16/h2-5H,1H3,(H,13,14)/b5-3+. The van der Waals surface area contributed by atoms with Crippen LogP contribution in [0.4, 0.5) is 5.69 Å². The number of hydrogen-bond donors (Lipinski definition) is 1. The van der Waals surface area contributed by atoms with Gasteiger partial charge in [0.25, 0.3) is 5.69 Å². The fourth-order valence-electron chi connectivity index (χ4n) is 1.25. The fraction of sp³-hybridized carbons (Fsp3) is 0.100. The quantitative estimate of drug-likeness (QED) is 0.501. The van der Waals surface area contributed by atoms with Gasteiger partial charge in [-0.3, -0.25) is 10.1 Å². The number of aliphatic carboxylic acids is 1. The highest BCUT2D eigenvalue weighted by Gasteiger charge is 2.17. The predicted octanol–water partition coefficient (Wildman–Crippen LogP) is 2.65. The Bertz CT molecular complexity index is 482. The van der Waals surface area contributed by atoms with Gasteiger partial charge >= 0.3 is 5.97 Å². The van der Waals surface area contributed by atoms with Crippen LogP contribution in [0.25, 0.3) is 6.08 Å². The third kappa shape index (κ3) is 2.58. The first-order chi connectivity index (χ1) is 7.43. The zero-order chi connectivity index (χ0) is 12.3. The van der Waals surface area contributed by atoms with Crippen molar-refractivity contribution in [2.24, 2.45) is 0 Å². The molecule has 1 aromatic rings. The van der Waals surface area contributed by atoms with Crippen LogP contribution in [0.2, 0.25) is 5.02 Å². The van der Waals surface area contributed by atoms with Crippen LogP contribution in [0.5, 0.6) is 0 Å². The molecular weight excluding hydrogens is 234 g/mol. The average molecular weight is 242 g/mol. The zero-order valence-corrected chi connectivity index (χ0v) is 9.06. The third-order valence-corrected chi connectivity index (χ3v) is 2.32. The first-order valence-corrected chi connectivity index (χ1v) is 4.65. The number of nitro groups is 1. The van der Waals surface area contributed by atoms with Gasteiger partial charge in [0.1, 0.15) is 5.02 Å². The molecule has 6 heteroatoms. The van der Waals surface area contributed by atoms with Crippen LogP contribution in [0.15, 0.2) is 18.2 Å². The third-order valence-electron chi connectivity index (χ3n) is 2.01. The first-order valence-electron chi connectivity index (χ1n) is 4.28. The van der Waals surface area contributed by atoms with Gasteiger partial charge in [-0.25, -0.2) is 4.79 Å². The Kier molecular flexibility index (Phi) is 3.63. The van der Waals surface area contributed by atoms with Gasteiger partial charge < -0.3 is 5.11 Å². The van der Waals surface area contributed by atoms with E-state index in [4.69, 9.17) is 16.7 Å². The second-order valence-electron chi connectivity index (χ2n) is 3.04. The lowest BCUT2D eigenvalue weighted by Gasteiger charge is -2.03. The summed E-state index contributed by atoms with van der Waals surface area (Å²) in [7, 11) is 0. The van der Waals surface area contributed by atoms with Crippen LogP contribution in [-0.4, -0.2) is 16.0 Å². The molecule has 0 heterocycles. The number of hydrogen-bond acceptors (Lipinski definition) is 3. The van der Waals surface area contributed by atoms with E-state index in [1.165, 1.54) is 25.1 Å². The Morgan fingerprint density at radius 1 is 1.56 bits per heavy atom. The van der Waals surface area contributed by atoms with Gasteiger partial charge in [0.2, 0.25) is 0 Å². The number of halogens is 1. The van der Waals surface area contributed by atoms with E-state index in [2.05, 4.69) is 0 Å². The highest BCUT2D eigenvalue weighted by Crippen LogP contribution is 2.30. The molecular formula is C10H8ClNO4. The molecule has 0 aliphatic rings. The molecule has 0 aromatic heterocycles. The summed E-state index contributed by atoms with van der Waals surface area (Å²) >= 11 is 5.68. The summed E-state index contributed by atoms with van der Waals surface area (Å²) in [5.74, 6) is -1.11. The maximum atomic E-state index is 10.7. The number of carbonyl (C=O) groups is 1. The molecule has 0 bridgehead atoms. The van der Waals surface area contributed by atoms with Crippen molar-refractivity contribution in [3.05, 3.63) is 44.5 Å². The van der Waals surface area contributed by atoms with Crippen LogP contribution < -0.4 is 0 Å². The molecule has 0 aliphatic carbocycles. The second kappa shape index (κ2) is 4.76. The summed E-state index contributed by atoms with van der Waals surface area (Å²) in [6, 6.07) is 2.90. The van der Waals surface area contributed by atoms with Crippen molar-refractivity contribution in [3.63, 3.8) is 0 Å². The van der Waals surface area contributed by atoms with Crippen molar-refractivity contribution in [2.45, 2.75) is 6.92 Å². The van der Waals surface area contributed by atoms with E-state index in [-0.39, 0.29) is 10.7 Å². The maximum Gasteiger partial charge on any atom is 0.328 e. The van der Waals surface area contributed by atoms with Gasteiger partial charge in [-0.1, -0.05) is 17.7 Å². The minimum Gasteiger partial charge on any atom is -0.478 e. The molecule has 0 radical (unpaired) electrons. The Balaban J connectivity index is 3.29. The van der Waals surface area contributed by atoms with Crippen LogP contribution >= 0.6 is 11.6 Å². The van der Waals surface area contributed by atoms with Gasteiger partial charge in [-0.05, 0) is 24.6 Å². The molecule has 84 valence electrons. The van der Waals surface area contributed by atoms with Crippen LogP contribution in [-0.2, 0) is 4.79 Å². The molecule has 0 unspecified atom stereocenters. The van der Waals surface area contributed by atoms with Crippen LogP contribution in [0.3, 0.4) is 0 Å². The largest absolute Gasteiger partial charge is 0.478 e. The van der Waals surface area contributed by atoms with Gasteiger partial charge in [-0.2, -0.15) is 0 Å². The highest BCUT2D eigenvalue weighted by molar-refractivity contribution is 6.32. The summed E-state index contributed by atoms with van der Waals surface area (Å²) in [6.45, 7) is 1.52. The normalized spacial score (nSPS) is 10.6. The van der Waals surface area contributed by atoms with E-state index in [1.54, 1.807) is 0 Å². The van der Waals surface area contributed by atoms with Crippen molar-refractivity contribution in [3.8, 4) is 0 Å². The smallest absolute Gasteiger partial charge is 0.328 e. The van der Waals surface area contributed by atoms with Gasteiger partial charge in [0.15, 0.2) is 0 Å². The fourth-order valence-corrected chi connectivity index (χ4v) is 1.52. The van der Waals surface area contributed by atoms with Crippen molar-refractivity contribution in [1.29, 1.82) is 0 Å². The summed E-state index contributed by atoms with van der Waals surface area (Å²) in [5.41, 5.74) is 0.600.